The van der Waals surface area contributed by atoms with Crippen molar-refractivity contribution >= 4 is 40.3 Å². The molecule has 94 valence electrons. The lowest BCUT2D eigenvalue weighted by Gasteiger charge is -2.11. The summed E-state index contributed by atoms with van der Waals surface area (Å²) in [5.41, 5.74) is 0.879. The smallest absolute Gasteiger partial charge is 0.266 e. The summed E-state index contributed by atoms with van der Waals surface area (Å²) in [7, 11) is 0. The van der Waals surface area contributed by atoms with E-state index in [0.717, 1.165) is 12.0 Å². The molecule has 1 aliphatic rings. The number of carbonyl (C=O) groups excluding carboxylic acids is 1. The van der Waals surface area contributed by atoms with Crippen molar-refractivity contribution in [1.29, 1.82) is 0 Å². The van der Waals surface area contributed by atoms with E-state index in [1.807, 2.05) is 6.92 Å². The molecule has 1 aliphatic heterocycles. The summed E-state index contributed by atoms with van der Waals surface area (Å²) in [6, 6.07) is 6.72. The molecule has 1 saturated heterocycles. The molecule has 0 saturated carbocycles. The van der Waals surface area contributed by atoms with Gasteiger partial charge in [0.1, 0.15) is 10.1 Å². The Morgan fingerprint density at radius 1 is 1.39 bits per heavy atom. The molecule has 0 radical (unpaired) electrons. The topological polar surface area (TPSA) is 40.5 Å². The average Bonchev–Trinajstić information content (AvgIpc) is 2.60. The molecule has 0 atom stereocenters. The molecule has 3 nitrogen and oxygen atoms in total. The van der Waals surface area contributed by atoms with Gasteiger partial charge in [-0.3, -0.25) is 9.69 Å². The van der Waals surface area contributed by atoms with Gasteiger partial charge in [-0.2, -0.15) is 0 Å². The summed E-state index contributed by atoms with van der Waals surface area (Å²) in [5.74, 6) is 0.186. The van der Waals surface area contributed by atoms with Gasteiger partial charge >= 0.3 is 0 Å². The molecule has 1 N–H and O–H groups in total. The molecule has 1 amide bonds. The van der Waals surface area contributed by atoms with Crippen LogP contribution in [0.1, 0.15) is 18.9 Å². The molecule has 1 aromatic carbocycles. The third-order valence-corrected chi connectivity index (χ3v) is 3.89. The molecule has 1 aromatic rings. The predicted octanol–water partition coefficient (Wildman–Crippen LogP) is 3.00. The fraction of sp³-hybridized carbons (Fsp3) is 0.231. The molecule has 1 fully saturated rings. The summed E-state index contributed by atoms with van der Waals surface area (Å²) in [4.78, 5) is 14.3. The molecule has 0 aromatic heterocycles. The van der Waals surface area contributed by atoms with Crippen molar-refractivity contribution < 1.29 is 9.90 Å². The fourth-order valence-corrected chi connectivity index (χ4v) is 2.95. The molecular weight excluding hydrogens is 266 g/mol. The fourth-order valence-electron chi connectivity index (χ4n) is 1.64. The molecule has 0 spiro atoms. The second-order valence-electron chi connectivity index (χ2n) is 3.92. The van der Waals surface area contributed by atoms with Gasteiger partial charge in [0.25, 0.3) is 5.91 Å². The van der Waals surface area contributed by atoms with E-state index in [1.54, 1.807) is 35.2 Å². The number of rotatable bonds is 3. The van der Waals surface area contributed by atoms with Gasteiger partial charge in [0, 0.05) is 6.54 Å². The standard InChI is InChI=1S/C13H13NO2S2/c1-2-7-14-12(16)11(18-13(14)17)8-9-3-5-10(15)6-4-9/h3-6,8,15H,2,7H2,1H3/b11-8+. The van der Waals surface area contributed by atoms with Crippen molar-refractivity contribution in [2.24, 2.45) is 0 Å². The van der Waals surface area contributed by atoms with E-state index in [4.69, 9.17) is 12.2 Å². The highest BCUT2D eigenvalue weighted by Gasteiger charge is 2.30. The van der Waals surface area contributed by atoms with Crippen LogP contribution in [0.15, 0.2) is 29.2 Å². The largest absolute Gasteiger partial charge is 0.508 e. The van der Waals surface area contributed by atoms with Gasteiger partial charge in [0.2, 0.25) is 0 Å². The van der Waals surface area contributed by atoms with Gasteiger partial charge in [-0.1, -0.05) is 43.0 Å². The minimum atomic E-state index is -0.0278. The van der Waals surface area contributed by atoms with Crippen molar-refractivity contribution in [3.8, 4) is 5.75 Å². The van der Waals surface area contributed by atoms with Crippen LogP contribution in [0.5, 0.6) is 5.75 Å². The SMILES string of the molecule is CCCN1C(=O)/C(=C\c2ccc(O)cc2)SC1=S. The summed E-state index contributed by atoms with van der Waals surface area (Å²) in [5, 5.41) is 9.20. The lowest BCUT2D eigenvalue weighted by atomic mass is 10.2. The number of benzene rings is 1. The van der Waals surface area contributed by atoms with Gasteiger partial charge in [-0.05, 0) is 30.2 Å². The molecule has 0 bridgehead atoms. The van der Waals surface area contributed by atoms with Crippen molar-refractivity contribution in [3.05, 3.63) is 34.7 Å². The van der Waals surface area contributed by atoms with Gasteiger partial charge < -0.3 is 5.11 Å². The zero-order valence-corrected chi connectivity index (χ0v) is 11.6. The second kappa shape index (κ2) is 5.54. The van der Waals surface area contributed by atoms with Gasteiger partial charge in [-0.25, -0.2) is 0 Å². The number of carbonyl (C=O) groups is 1. The maximum absolute atomic E-state index is 12.1. The van der Waals surface area contributed by atoms with Crippen molar-refractivity contribution in [2.75, 3.05) is 6.54 Å². The quantitative estimate of drug-likeness (QED) is 0.682. The molecule has 0 unspecified atom stereocenters. The van der Waals surface area contributed by atoms with Crippen LogP contribution in [0.2, 0.25) is 0 Å². The molecule has 2 rings (SSSR count). The van der Waals surface area contributed by atoms with Crippen LogP contribution in [0, 0.1) is 0 Å². The van der Waals surface area contributed by atoms with Crippen molar-refractivity contribution in [2.45, 2.75) is 13.3 Å². The molecule has 5 heteroatoms. The maximum Gasteiger partial charge on any atom is 0.266 e. The third-order valence-electron chi connectivity index (χ3n) is 2.51. The maximum atomic E-state index is 12.1. The first-order valence-corrected chi connectivity index (χ1v) is 6.88. The first-order valence-electron chi connectivity index (χ1n) is 5.66. The van der Waals surface area contributed by atoms with Crippen molar-refractivity contribution in [3.63, 3.8) is 0 Å². The molecule has 1 heterocycles. The van der Waals surface area contributed by atoms with E-state index in [2.05, 4.69) is 0 Å². The predicted molar refractivity (Wildman–Crippen MR) is 78.3 cm³/mol. The average molecular weight is 279 g/mol. The highest BCUT2D eigenvalue weighted by Crippen LogP contribution is 2.32. The number of hydrogen-bond donors (Lipinski definition) is 1. The summed E-state index contributed by atoms with van der Waals surface area (Å²) < 4.78 is 0.617. The number of hydrogen-bond acceptors (Lipinski definition) is 4. The van der Waals surface area contributed by atoms with Crippen LogP contribution in [0.3, 0.4) is 0 Å². The minimum Gasteiger partial charge on any atom is -0.508 e. The number of phenolic OH excluding ortho intramolecular Hbond substituents is 1. The van der Waals surface area contributed by atoms with Crippen LogP contribution < -0.4 is 0 Å². The van der Waals surface area contributed by atoms with Gasteiger partial charge in [0.05, 0.1) is 4.91 Å². The highest BCUT2D eigenvalue weighted by atomic mass is 32.2. The van der Waals surface area contributed by atoms with Crippen LogP contribution in [0.4, 0.5) is 0 Å². The zero-order chi connectivity index (χ0) is 13.1. The van der Waals surface area contributed by atoms with E-state index in [0.29, 0.717) is 15.8 Å². The highest BCUT2D eigenvalue weighted by molar-refractivity contribution is 8.26. The lowest BCUT2D eigenvalue weighted by Crippen LogP contribution is -2.28. The van der Waals surface area contributed by atoms with Gasteiger partial charge in [-0.15, -0.1) is 0 Å². The number of thiocarbonyl (C=S) groups is 1. The summed E-state index contributed by atoms with van der Waals surface area (Å²) >= 11 is 6.51. The van der Waals surface area contributed by atoms with E-state index in [1.165, 1.54) is 11.8 Å². The Kier molecular flexibility index (Phi) is 4.04. The Labute approximate surface area is 115 Å². The van der Waals surface area contributed by atoms with E-state index >= 15 is 0 Å². The Hall–Kier alpha value is -1.33. The third kappa shape index (κ3) is 2.73. The van der Waals surface area contributed by atoms with Gasteiger partial charge in [0.15, 0.2) is 0 Å². The Morgan fingerprint density at radius 2 is 2.06 bits per heavy atom. The summed E-state index contributed by atoms with van der Waals surface area (Å²) in [6.45, 7) is 2.68. The normalized spacial score (nSPS) is 17.8. The number of thioether (sulfide) groups is 1. The number of phenols is 1. The van der Waals surface area contributed by atoms with Crippen LogP contribution in [0.25, 0.3) is 6.08 Å². The monoisotopic (exact) mass is 279 g/mol. The first-order chi connectivity index (χ1) is 8.61. The molecular formula is C13H13NO2S2. The Morgan fingerprint density at radius 3 is 2.67 bits per heavy atom. The van der Waals surface area contributed by atoms with Crippen LogP contribution in [-0.2, 0) is 4.79 Å². The lowest BCUT2D eigenvalue weighted by molar-refractivity contribution is -0.122. The van der Waals surface area contributed by atoms with Crippen LogP contribution in [-0.4, -0.2) is 26.8 Å². The number of amides is 1. The minimum absolute atomic E-state index is 0.0278. The Bertz CT molecular complexity index is 508. The molecule has 0 aliphatic carbocycles. The first kappa shape index (κ1) is 13.1. The molecule has 18 heavy (non-hydrogen) atoms. The van der Waals surface area contributed by atoms with E-state index < -0.39 is 0 Å². The zero-order valence-electron chi connectivity index (χ0n) is 9.92. The number of aromatic hydroxyl groups is 1. The van der Waals surface area contributed by atoms with E-state index in [9.17, 15) is 9.90 Å². The second-order valence-corrected chi connectivity index (χ2v) is 5.60. The summed E-state index contributed by atoms with van der Waals surface area (Å²) in [6.07, 6.45) is 2.69. The number of nitrogens with zero attached hydrogens (tertiary/aromatic N) is 1. The van der Waals surface area contributed by atoms with Crippen molar-refractivity contribution in [1.82, 2.24) is 4.90 Å². The van der Waals surface area contributed by atoms with E-state index in [-0.39, 0.29) is 11.7 Å². The van der Waals surface area contributed by atoms with Crippen LogP contribution >= 0.6 is 24.0 Å². The Balaban J connectivity index is 2.22.